The largest absolute Gasteiger partial charge is 0.396 e. The van der Waals surface area contributed by atoms with Gasteiger partial charge in [0, 0.05) is 13.0 Å². The summed E-state index contributed by atoms with van der Waals surface area (Å²) in [6, 6.07) is -0.405. The molecule has 4 nitrogen and oxygen atoms in total. The molecular weight excluding hydrogens is 506 g/mol. The zero-order valence-electron chi connectivity index (χ0n) is 27.8. The molecule has 244 valence electrons. The number of amides is 1. The van der Waals surface area contributed by atoms with E-state index in [4.69, 9.17) is 0 Å². The van der Waals surface area contributed by atoms with Crippen molar-refractivity contribution >= 4 is 5.91 Å². The van der Waals surface area contributed by atoms with Gasteiger partial charge in [-0.05, 0) is 25.7 Å². The molecule has 0 radical (unpaired) electrons. The van der Waals surface area contributed by atoms with E-state index in [1.165, 1.54) is 148 Å². The standard InChI is InChI=1S/C37H73NO3/c1-3-5-7-9-11-13-15-17-18-20-22-24-26-28-30-32-37(41)38-35(33-34-39)36(40)31-29-27-25-23-21-19-16-14-12-10-8-6-4-2/h29,31,35-36,39-40H,3-28,30,32-34H2,1-2H3,(H,38,41)/b31-29+/t35-,36+/m0/s1. The lowest BCUT2D eigenvalue weighted by atomic mass is 10.0. The highest BCUT2D eigenvalue weighted by molar-refractivity contribution is 5.76. The average molecular weight is 580 g/mol. The van der Waals surface area contributed by atoms with Gasteiger partial charge >= 0.3 is 0 Å². The molecule has 0 bridgehead atoms. The first kappa shape index (κ1) is 40.1. The minimum absolute atomic E-state index is 0.00374. The number of aliphatic hydroxyl groups is 2. The number of hydrogen-bond donors (Lipinski definition) is 3. The highest BCUT2D eigenvalue weighted by Gasteiger charge is 2.18. The SMILES string of the molecule is CCCCCCCCCCCCC/C=C/[C@@H](O)[C@H](CCO)NC(=O)CCCCCCCCCCCCCCCCC. The fourth-order valence-electron chi connectivity index (χ4n) is 5.70. The first-order chi connectivity index (χ1) is 20.2. The minimum Gasteiger partial charge on any atom is -0.396 e. The molecule has 0 unspecified atom stereocenters. The monoisotopic (exact) mass is 580 g/mol. The van der Waals surface area contributed by atoms with Crippen LogP contribution in [-0.2, 0) is 4.79 Å². The van der Waals surface area contributed by atoms with Gasteiger partial charge in [-0.2, -0.15) is 0 Å². The molecule has 0 spiro atoms. The summed E-state index contributed by atoms with van der Waals surface area (Å²) in [5.74, 6) is -0.00374. The Kier molecular flexibility index (Phi) is 32.9. The first-order valence-corrected chi connectivity index (χ1v) is 18.4. The van der Waals surface area contributed by atoms with Gasteiger partial charge in [0.15, 0.2) is 0 Å². The van der Waals surface area contributed by atoms with Crippen molar-refractivity contribution < 1.29 is 15.0 Å². The topological polar surface area (TPSA) is 69.6 Å². The number of rotatable bonds is 33. The molecule has 0 saturated carbocycles. The lowest BCUT2D eigenvalue weighted by Gasteiger charge is -2.21. The number of carbonyl (C=O) groups excluding carboxylic acids is 1. The Morgan fingerprint density at radius 2 is 0.951 bits per heavy atom. The van der Waals surface area contributed by atoms with Crippen LogP contribution in [-0.4, -0.2) is 34.9 Å². The van der Waals surface area contributed by atoms with E-state index in [2.05, 4.69) is 19.2 Å². The Morgan fingerprint density at radius 3 is 1.34 bits per heavy atom. The average Bonchev–Trinajstić information content (AvgIpc) is 2.97. The summed E-state index contributed by atoms with van der Waals surface area (Å²) in [6.45, 7) is 4.51. The van der Waals surface area contributed by atoms with E-state index in [1.54, 1.807) is 0 Å². The summed E-state index contributed by atoms with van der Waals surface area (Å²) >= 11 is 0. The van der Waals surface area contributed by atoms with Crippen molar-refractivity contribution in [3.63, 3.8) is 0 Å². The van der Waals surface area contributed by atoms with E-state index in [0.29, 0.717) is 12.8 Å². The molecule has 0 aliphatic heterocycles. The molecule has 0 saturated heterocycles. The highest BCUT2D eigenvalue weighted by Crippen LogP contribution is 2.15. The summed E-state index contributed by atoms with van der Waals surface area (Å²) in [6.07, 6.45) is 39.4. The van der Waals surface area contributed by atoms with Crippen LogP contribution in [0.5, 0.6) is 0 Å². The van der Waals surface area contributed by atoms with Crippen LogP contribution >= 0.6 is 0 Å². The molecule has 0 heterocycles. The predicted molar refractivity (Wildman–Crippen MR) is 179 cm³/mol. The van der Waals surface area contributed by atoms with Crippen molar-refractivity contribution in [1.82, 2.24) is 5.32 Å². The van der Waals surface area contributed by atoms with Gasteiger partial charge in [-0.25, -0.2) is 0 Å². The van der Waals surface area contributed by atoms with Gasteiger partial charge in [-0.1, -0.05) is 180 Å². The summed E-state index contributed by atoms with van der Waals surface area (Å²) in [5.41, 5.74) is 0. The third-order valence-corrected chi connectivity index (χ3v) is 8.51. The molecule has 0 aromatic carbocycles. The number of allylic oxidation sites excluding steroid dienone is 1. The molecule has 0 fully saturated rings. The van der Waals surface area contributed by atoms with Crippen molar-refractivity contribution in [1.29, 1.82) is 0 Å². The van der Waals surface area contributed by atoms with Gasteiger partial charge in [0.1, 0.15) is 0 Å². The number of nitrogens with one attached hydrogen (secondary N) is 1. The van der Waals surface area contributed by atoms with Crippen LogP contribution in [0.3, 0.4) is 0 Å². The molecule has 0 aliphatic carbocycles. The molecular formula is C37H73NO3. The van der Waals surface area contributed by atoms with E-state index >= 15 is 0 Å². The van der Waals surface area contributed by atoms with Gasteiger partial charge in [-0.15, -0.1) is 0 Å². The Labute approximate surface area is 256 Å². The van der Waals surface area contributed by atoms with Crippen molar-refractivity contribution in [2.45, 2.75) is 212 Å². The van der Waals surface area contributed by atoms with Crippen LogP contribution in [0.1, 0.15) is 200 Å². The second-order valence-corrected chi connectivity index (χ2v) is 12.6. The van der Waals surface area contributed by atoms with Crippen LogP contribution in [0.25, 0.3) is 0 Å². The Hall–Kier alpha value is -0.870. The highest BCUT2D eigenvalue weighted by atomic mass is 16.3. The van der Waals surface area contributed by atoms with E-state index in [1.807, 2.05) is 12.2 Å². The third kappa shape index (κ3) is 30.4. The van der Waals surface area contributed by atoms with Gasteiger partial charge < -0.3 is 15.5 Å². The molecule has 2 atom stereocenters. The smallest absolute Gasteiger partial charge is 0.220 e. The maximum atomic E-state index is 12.4. The van der Waals surface area contributed by atoms with Crippen molar-refractivity contribution in [2.75, 3.05) is 6.61 Å². The predicted octanol–water partition coefficient (Wildman–Crippen LogP) is 10.7. The Balaban J connectivity index is 3.71. The summed E-state index contributed by atoms with van der Waals surface area (Å²) < 4.78 is 0. The fourth-order valence-corrected chi connectivity index (χ4v) is 5.70. The van der Waals surface area contributed by atoms with Gasteiger partial charge in [0.2, 0.25) is 5.91 Å². The van der Waals surface area contributed by atoms with Crippen LogP contribution in [0.4, 0.5) is 0 Å². The second kappa shape index (κ2) is 33.6. The quantitative estimate of drug-likeness (QED) is 0.0535. The van der Waals surface area contributed by atoms with Gasteiger partial charge in [-0.3, -0.25) is 4.79 Å². The molecule has 0 aromatic rings. The number of aliphatic hydroxyl groups excluding tert-OH is 2. The number of carbonyl (C=O) groups is 1. The van der Waals surface area contributed by atoms with E-state index in [-0.39, 0.29) is 12.5 Å². The van der Waals surface area contributed by atoms with Crippen molar-refractivity contribution in [2.24, 2.45) is 0 Å². The molecule has 0 aliphatic rings. The lowest BCUT2D eigenvalue weighted by molar-refractivity contribution is -0.122. The number of unbranched alkanes of at least 4 members (excludes halogenated alkanes) is 25. The normalized spacial score (nSPS) is 13.2. The summed E-state index contributed by atoms with van der Waals surface area (Å²) in [7, 11) is 0. The zero-order valence-corrected chi connectivity index (χ0v) is 27.8. The van der Waals surface area contributed by atoms with Crippen LogP contribution in [0, 0.1) is 0 Å². The molecule has 3 N–H and O–H groups in total. The van der Waals surface area contributed by atoms with E-state index in [0.717, 1.165) is 25.7 Å². The van der Waals surface area contributed by atoms with Gasteiger partial charge in [0.05, 0.1) is 12.1 Å². The van der Waals surface area contributed by atoms with E-state index in [9.17, 15) is 15.0 Å². The van der Waals surface area contributed by atoms with Crippen molar-refractivity contribution in [3.05, 3.63) is 12.2 Å². The molecule has 0 rings (SSSR count). The van der Waals surface area contributed by atoms with Gasteiger partial charge in [0.25, 0.3) is 0 Å². The molecule has 1 amide bonds. The van der Waals surface area contributed by atoms with Crippen LogP contribution < -0.4 is 5.32 Å². The van der Waals surface area contributed by atoms with Crippen LogP contribution in [0.15, 0.2) is 12.2 Å². The minimum atomic E-state index is -0.736. The van der Waals surface area contributed by atoms with Crippen LogP contribution in [0.2, 0.25) is 0 Å². The van der Waals surface area contributed by atoms with E-state index < -0.39 is 12.1 Å². The molecule has 0 aromatic heterocycles. The summed E-state index contributed by atoms with van der Waals surface area (Å²) in [4.78, 5) is 12.4. The Bertz CT molecular complexity index is 550. The first-order valence-electron chi connectivity index (χ1n) is 18.4. The lowest BCUT2D eigenvalue weighted by Crippen LogP contribution is -2.43. The molecule has 4 heteroatoms. The molecule has 41 heavy (non-hydrogen) atoms. The third-order valence-electron chi connectivity index (χ3n) is 8.51. The Morgan fingerprint density at radius 1 is 0.585 bits per heavy atom. The zero-order chi connectivity index (χ0) is 30.1. The summed E-state index contributed by atoms with van der Waals surface area (Å²) in [5, 5.41) is 22.9. The fraction of sp³-hybridized carbons (Fsp3) is 0.919. The second-order valence-electron chi connectivity index (χ2n) is 12.6. The van der Waals surface area contributed by atoms with Crippen molar-refractivity contribution in [3.8, 4) is 0 Å². The number of hydrogen-bond acceptors (Lipinski definition) is 3. The maximum Gasteiger partial charge on any atom is 0.220 e. The maximum absolute atomic E-state index is 12.4.